The molecular formula is C6H13NO2. The summed E-state index contributed by atoms with van der Waals surface area (Å²) < 4.78 is 0. The van der Waals surface area contributed by atoms with Gasteiger partial charge in [-0.05, 0) is 13.5 Å². The molecule has 0 rings (SSSR count). The van der Waals surface area contributed by atoms with Crippen molar-refractivity contribution in [1.82, 2.24) is 0 Å². The van der Waals surface area contributed by atoms with E-state index in [4.69, 9.17) is 10.8 Å². The predicted molar refractivity (Wildman–Crippen MR) is 37.2 cm³/mol. The predicted octanol–water partition coefficient (Wildman–Crippen LogP) is 0.612. The zero-order chi connectivity index (χ0) is 7.70. The summed E-state index contributed by atoms with van der Waals surface area (Å²) in [7, 11) is 0. The van der Waals surface area contributed by atoms with Crippen LogP contribution in [0, 0.1) is 0 Å². The van der Waals surface area contributed by atoms with Gasteiger partial charge in [-0.15, -0.1) is 0 Å². The topological polar surface area (TPSA) is 63.3 Å². The fourth-order valence-corrected chi connectivity index (χ4v) is 0.143. The summed E-state index contributed by atoms with van der Waals surface area (Å²) in [5, 5.41) is 7.83. The van der Waals surface area contributed by atoms with Crippen molar-refractivity contribution in [3.8, 4) is 0 Å². The zero-order valence-corrected chi connectivity index (χ0v) is 5.79. The summed E-state index contributed by atoms with van der Waals surface area (Å²) in [6.45, 7) is 4.31. The first-order chi connectivity index (χ1) is 4.18. The lowest BCUT2D eigenvalue weighted by atomic mass is 10.5. The van der Waals surface area contributed by atoms with E-state index in [1.807, 2.05) is 6.92 Å². The molecule has 3 N–H and O–H groups in total. The van der Waals surface area contributed by atoms with Crippen LogP contribution in [0.25, 0.3) is 0 Å². The van der Waals surface area contributed by atoms with E-state index in [2.05, 4.69) is 0 Å². The number of hydrogen-bond donors (Lipinski definition) is 2. The highest BCUT2D eigenvalue weighted by molar-refractivity contribution is 5.79. The zero-order valence-electron chi connectivity index (χ0n) is 5.79. The molecule has 0 fully saturated rings. The van der Waals surface area contributed by atoms with E-state index in [0.717, 1.165) is 12.6 Å². The molecule has 0 aliphatic carbocycles. The average molecular weight is 131 g/mol. The Bertz CT molecular complexity index is 89.1. The molecule has 0 saturated carbocycles. The van der Waals surface area contributed by atoms with Crippen molar-refractivity contribution >= 4 is 5.97 Å². The van der Waals surface area contributed by atoms with Gasteiger partial charge < -0.3 is 10.8 Å². The molecule has 0 radical (unpaired) electrons. The minimum Gasteiger partial charge on any atom is -0.478 e. The van der Waals surface area contributed by atoms with Gasteiger partial charge in [0.05, 0.1) is 0 Å². The maximum atomic E-state index is 9.51. The van der Waals surface area contributed by atoms with Gasteiger partial charge in [0.15, 0.2) is 0 Å². The largest absolute Gasteiger partial charge is 0.478 e. The van der Waals surface area contributed by atoms with Gasteiger partial charge in [-0.25, -0.2) is 4.79 Å². The van der Waals surface area contributed by atoms with Gasteiger partial charge in [0.1, 0.15) is 0 Å². The van der Waals surface area contributed by atoms with Crippen LogP contribution >= 0.6 is 0 Å². The molecule has 0 amide bonds. The SMILES string of the molecule is CC=CC(=O)O.CCN. The van der Waals surface area contributed by atoms with Gasteiger partial charge in [0, 0.05) is 6.08 Å². The summed E-state index contributed by atoms with van der Waals surface area (Å²) in [4.78, 5) is 9.51. The fourth-order valence-electron chi connectivity index (χ4n) is 0.143. The highest BCUT2D eigenvalue weighted by atomic mass is 16.4. The number of aliphatic carboxylic acids is 1. The van der Waals surface area contributed by atoms with Crippen LogP contribution in [0.5, 0.6) is 0 Å². The molecule has 0 saturated heterocycles. The van der Waals surface area contributed by atoms with Gasteiger partial charge in [-0.3, -0.25) is 0 Å². The van der Waals surface area contributed by atoms with E-state index in [1.165, 1.54) is 6.08 Å². The molecule has 3 heteroatoms. The molecule has 0 atom stereocenters. The Balaban J connectivity index is 0. The third-order valence-electron chi connectivity index (χ3n) is 0.309. The maximum Gasteiger partial charge on any atom is 0.327 e. The molecule has 0 unspecified atom stereocenters. The second kappa shape index (κ2) is 10.2. The number of carbonyl (C=O) groups is 1. The Hall–Kier alpha value is -0.830. The first kappa shape index (κ1) is 11.0. The maximum absolute atomic E-state index is 9.51. The molecule has 0 aliphatic rings. The second-order valence-electron chi connectivity index (χ2n) is 1.25. The summed E-state index contributed by atoms with van der Waals surface area (Å²) in [6.07, 6.45) is 2.56. The molecule has 0 aromatic carbocycles. The van der Waals surface area contributed by atoms with E-state index in [1.54, 1.807) is 6.92 Å². The Kier molecular flexibility index (Phi) is 12.5. The standard InChI is InChI=1S/C4H6O2.C2H7N/c1-2-3-4(5)6;1-2-3/h2-3H,1H3,(H,5,6);2-3H2,1H3. The summed E-state index contributed by atoms with van der Waals surface area (Å²) in [6, 6.07) is 0. The Morgan fingerprint density at radius 3 is 2.11 bits per heavy atom. The van der Waals surface area contributed by atoms with E-state index >= 15 is 0 Å². The van der Waals surface area contributed by atoms with Crippen molar-refractivity contribution in [2.75, 3.05) is 6.54 Å². The normalized spacial score (nSPS) is 8.33. The molecule has 0 heterocycles. The fraction of sp³-hybridized carbons (Fsp3) is 0.500. The van der Waals surface area contributed by atoms with Crippen LogP contribution in [0.1, 0.15) is 13.8 Å². The van der Waals surface area contributed by atoms with Crippen molar-refractivity contribution in [3.63, 3.8) is 0 Å². The highest BCUT2D eigenvalue weighted by Gasteiger charge is 1.76. The minimum absolute atomic E-state index is 0.750. The van der Waals surface area contributed by atoms with Crippen LogP contribution in [0.2, 0.25) is 0 Å². The van der Waals surface area contributed by atoms with Crippen molar-refractivity contribution in [3.05, 3.63) is 12.2 Å². The number of rotatable bonds is 1. The number of hydrogen-bond acceptors (Lipinski definition) is 2. The highest BCUT2D eigenvalue weighted by Crippen LogP contribution is 1.65. The third-order valence-corrected chi connectivity index (χ3v) is 0.309. The molecular weight excluding hydrogens is 118 g/mol. The summed E-state index contributed by atoms with van der Waals surface area (Å²) >= 11 is 0. The Morgan fingerprint density at radius 1 is 1.78 bits per heavy atom. The molecule has 3 nitrogen and oxygen atoms in total. The first-order valence-electron chi connectivity index (χ1n) is 2.74. The lowest BCUT2D eigenvalue weighted by Gasteiger charge is -1.68. The Morgan fingerprint density at radius 2 is 2.11 bits per heavy atom. The molecule has 0 aromatic heterocycles. The van der Waals surface area contributed by atoms with Crippen molar-refractivity contribution in [1.29, 1.82) is 0 Å². The molecule has 0 spiro atoms. The van der Waals surface area contributed by atoms with Gasteiger partial charge in [0.2, 0.25) is 0 Å². The van der Waals surface area contributed by atoms with Gasteiger partial charge in [-0.2, -0.15) is 0 Å². The molecule has 0 aromatic rings. The Labute approximate surface area is 55.2 Å². The second-order valence-corrected chi connectivity index (χ2v) is 1.25. The quantitative estimate of drug-likeness (QED) is 0.512. The van der Waals surface area contributed by atoms with Crippen LogP contribution in [0.15, 0.2) is 12.2 Å². The third kappa shape index (κ3) is 40.7. The van der Waals surface area contributed by atoms with E-state index in [9.17, 15) is 4.79 Å². The summed E-state index contributed by atoms with van der Waals surface area (Å²) in [5.41, 5.74) is 4.85. The summed E-state index contributed by atoms with van der Waals surface area (Å²) in [5.74, 6) is -0.891. The minimum atomic E-state index is -0.891. The van der Waals surface area contributed by atoms with Crippen molar-refractivity contribution in [2.45, 2.75) is 13.8 Å². The van der Waals surface area contributed by atoms with E-state index < -0.39 is 5.97 Å². The molecule has 0 bridgehead atoms. The molecule has 9 heavy (non-hydrogen) atoms. The van der Waals surface area contributed by atoms with Crippen molar-refractivity contribution in [2.24, 2.45) is 5.73 Å². The number of nitrogens with two attached hydrogens (primary N) is 1. The van der Waals surface area contributed by atoms with Gasteiger partial charge in [-0.1, -0.05) is 13.0 Å². The lowest BCUT2D eigenvalue weighted by Crippen LogP contribution is -1.87. The number of allylic oxidation sites excluding steroid dienone is 1. The number of carboxylic acids is 1. The first-order valence-corrected chi connectivity index (χ1v) is 2.74. The van der Waals surface area contributed by atoms with Crippen LogP contribution < -0.4 is 5.73 Å². The van der Waals surface area contributed by atoms with E-state index in [0.29, 0.717) is 0 Å². The number of carboxylic acid groups (broad SMARTS) is 1. The average Bonchev–Trinajstić information content (AvgIpc) is 1.67. The monoisotopic (exact) mass is 131 g/mol. The van der Waals surface area contributed by atoms with Crippen molar-refractivity contribution < 1.29 is 9.90 Å². The molecule has 54 valence electrons. The van der Waals surface area contributed by atoms with E-state index in [-0.39, 0.29) is 0 Å². The van der Waals surface area contributed by atoms with Crippen LogP contribution in [-0.4, -0.2) is 17.6 Å². The van der Waals surface area contributed by atoms with Gasteiger partial charge >= 0.3 is 5.97 Å². The molecule has 0 aliphatic heterocycles. The van der Waals surface area contributed by atoms with Crippen LogP contribution in [-0.2, 0) is 4.79 Å². The van der Waals surface area contributed by atoms with Crippen LogP contribution in [0.4, 0.5) is 0 Å². The van der Waals surface area contributed by atoms with Crippen LogP contribution in [0.3, 0.4) is 0 Å². The smallest absolute Gasteiger partial charge is 0.327 e. The lowest BCUT2D eigenvalue weighted by molar-refractivity contribution is -0.131. The van der Waals surface area contributed by atoms with Gasteiger partial charge in [0.25, 0.3) is 0 Å².